The van der Waals surface area contributed by atoms with E-state index >= 15 is 0 Å². The van der Waals surface area contributed by atoms with Crippen molar-refractivity contribution >= 4 is 17.7 Å². The highest BCUT2D eigenvalue weighted by Gasteiger charge is 2.28. The normalized spacial score (nSPS) is 13.3. The summed E-state index contributed by atoms with van der Waals surface area (Å²) in [5.41, 5.74) is 2.60. The number of aryl methyl sites for hydroxylation is 2. The molecule has 1 aliphatic rings. The van der Waals surface area contributed by atoms with Crippen LogP contribution in [0.3, 0.4) is 0 Å². The van der Waals surface area contributed by atoms with E-state index in [1.165, 1.54) is 0 Å². The molecule has 8 nitrogen and oxygen atoms in total. The molecule has 1 aromatic carbocycles. The minimum Gasteiger partial charge on any atom is -0.452 e. The van der Waals surface area contributed by atoms with Gasteiger partial charge in [-0.15, -0.1) is 0 Å². The Kier molecular flexibility index (Phi) is 5.16. The van der Waals surface area contributed by atoms with Crippen LogP contribution in [0.25, 0.3) is 5.69 Å². The van der Waals surface area contributed by atoms with Crippen molar-refractivity contribution in [3.63, 3.8) is 0 Å². The van der Waals surface area contributed by atoms with Gasteiger partial charge in [-0.2, -0.15) is 5.10 Å². The lowest BCUT2D eigenvalue weighted by atomic mass is 10.1. The number of aromatic nitrogens is 3. The van der Waals surface area contributed by atoms with Crippen LogP contribution in [-0.2, 0) is 16.0 Å². The van der Waals surface area contributed by atoms with Gasteiger partial charge in [0.1, 0.15) is 17.1 Å². The Morgan fingerprint density at radius 3 is 2.72 bits per heavy atom. The number of carbonyl (C=O) groups excluding carboxylic acids is 2. The maximum atomic E-state index is 12.4. The van der Waals surface area contributed by atoms with Gasteiger partial charge in [-0.1, -0.05) is 30.3 Å². The molecule has 1 aliphatic carbocycles. The zero-order chi connectivity index (χ0) is 20.4. The van der Waals surface area contributed by atoms with Gasteiger partial charge in [0.05, 0.1) is 17.1 Å². The molecule has 1 fully saturated rings. The van der Waals surface area contributed by atoms with E-state index < -0.39 is 18.5 Å². The van der Waals surface area contributed by atoms with Gasteiger partial charge >= 0.3 is 5.97 Å². The summed E-state index contributed by atoms with van der Waals surface area (Å²) in [5, 5.41) is 11.3. The van der Waals surface area contributed by atoms with E-state index in [0.717, 1.165) is 24.2 Å². The number of nitrogens with one attached hydrogen (secondary N) is 1. The molecule has 29 heavy (non-hydrogen) atoms. The summed E-state index contributed by atoms with van der Waals surface area (Å²) < 4.78 is 11.9. The van der Waals surface area contributed by atoms with Crippen LogP contribution in [0.15, 0.2) is 40.9 Å². The van der Waals surface area contributed by atoms with Crippen molar-refractivity contribution in [2.24, 2.45) is 0 Å². The smallest absolute Gasteiger partial charge is 0.344 e. The molecule has 0 spiro atoms. The molecule has 2 aromatic heterocycles. The Labute approximate surface area is 167 Å². The summed E-state index contributed by atoms with van der Waals surface area (Å²) in [7, 11) is 0. The van der Waals surface area contributed by atoms with Crippen LogP contribution in [0.5, 0.6) is 0 Å². The van der Waals surface area contributed by atoms with Crippen LogP contribution >= 0.6 is 0 Å². The SMILES string of the molecule is CCc1noc(C)c1C(=O)OCC(=O)Nc1cc(C2CC2)nn1-c1ccccc1. The lowest BCUT2D eigenvalue weighted by Gasteiger charge is -2.09. The fraction of sp³-hybridized carbons (Fsp3) is 0.333. The minimum absolute atomic E-state index is 0.283. The van der Waals surface area contributed by atoms with Crippen molar-refractivity contribution in [3.8, 4) is 5.69 Å². The highest BCUT2D eigenvalue weighted by molar-refractivity contribution is 5.96. The van der Waals surface area contributed by atoms with E-state index in [9.17, 15) is 9.59 Å². The first-order chi connectivity index (χ1) is 14.1. The average molecular weight is 394 g/mol. The molecule has 0 radical (unpaired) electrons. The first-order valence-corrected chi connectivity index (χ1v) is 9.64. The van der Waals surface area contributed by atoms with Gasteiger partial charge in [0, 0.05) is 12.0 Å². The second kappa shape index (κ2) is 7.90. The van der Waals surface area contributed by atoms with Gasteiger partial charge in [-0.25, -0.2) is 9.48 Å². The van der Waals surface area contributed by atoms with Crippen LogP contribution in [0.2, 0.25) is 0 Å². The number of nitrogens with zero attached hydrogens (tertiary/aromatic N) is 3. The number of anilines is 1. The Hall–Kier alpha value is -3.42. The van der Waals surface area contributed by atoms with Crippen LogP contribution in [0.4, 0.5) is 5.82 Å². The fourth-order valence-electron chi connectivity index (χ4n) is 3.14. The van der Waals surface area contributed by atoms with Gasteiger partial charge in [-0.3, -0.25) is 4.79 Å². The Bertz CT molecular complexity index is 1030. The zero-order valence-electron chi connectivity index (χ0n) is 16.3. The highest BCUT2D eigenvalue weighted by Crippen LogP contribution is 2.40. The van der Waals surface area contributed by atoms with Crippen LogP contribution in [0.1, 0.15) is 53.2 Å². The summed E-state index contributed by atoms with van der Waals surface area (Å²) in [6.07, 6.45) is 2.75. The molecule has 4 rings (SSSR count). The van der Waals surface area contributed by atoms with Crippen LogP contribution in [0, 0.1) is 6.92 Å². The number of para-hydroxylation sites is 1. The van der Waals surface area contributed by atoms with E-state index in [2.05, 4.69) is 15.6 Å². The fourth-order valence-corrected chi connectivity index (χ4v) is 3.14. The molecular formula is C21H22N4O4. The number of hydrogen-bond acceptors (Lipinski definition) is 6. The number of carbonyl (C=O) groups is 2. The molecule has 150 valence electrons. The van der Waals surface area contributed by atoms with Crippen molar-refractivity contribution in [2.75, 3.05) is 11.9 Å². The number of amides is 1. The van der Waals surface area contributed by atoms with Gasteiger partial charge in [0.2, 0.25) is 0 Å². The molecule has 3 aromatic rings. The molecule has 2 heterocycles. The maximum absolute atomic E-state index is 12.4. The summed E-state index contributed by atoms with van der Waals surface area (Å²) in [5.74, 6) is 0.312. The monoisotopic (exact) mass is 394 g/mol. The predicted molar refractivity (Wildman–Crippen MR) is 105 cm³/mol. The largest absolute Gasteiger partial charge is 0.452 e. The minimum atomic E-state index is -0.619. The molecule has 0 unspecified atom stereocenters. The number of benzene rings is 1. The van der Waals surface area contributed by atoms with Gasteiger partial charge in [0.25, 0.3) is 5.91 Å². The van der Waals surface area contributed by atoms with Gasteiger partial charge in [0.15, 0.2) is 6.61 Å². The lowest BCUT2D eigenvalue weighted by Crippen LogP contribution is -2.22. The van der Waals surface area contributed by atoms with Gasteiger partial charge in [-0.05, 0) is 38.3 Å². The van der Waals surface area contributed by atoms with E-state index in [4.69, 9.17) is 9.26 Å². The third-order valence-corrected chi connectivity index (χ3v) is 4.80. The third kappa shape index (κ3) is 4.06. The summed E-state index contributed by atoms with van der Waals surface area (Å²) in [6, 6.07) is 11.5. The average Bonchev–Trinajstić information content (AvgIpc) is 3.39. The predicted octanol–water partition coefficient (Wildman–Crippen LogP) is 3.40. The molecule has 1 N–H and O–H groups in total. The molecule has 0 aliphatic heterocycles. The van der Waals surface area contributed by atoms with Crippen molar-refractivity contribution in [2.45, 2.75) is 39.0 Å². The molecule has 1 amide bonds. The summed E-state index contributed by atoms with van der Waals surface area (Å²) in [4.78, 5) is 24.8. The Balaban J connectivity index is 1.46. The number of hydrogen-bond donors (Lipinski definition) is 1. The second-order valence-electron chi connectivity index (χ2n) is 7.01. The van der Waals surface area contributed by atoms with Crippen molar-refractivity contribution < 1.29 is 18.8 Å². The van der Waals surface area contributed by atoms with E-state index in [1.54, 1.807) is 11.6 Å². The van der Waals surface area contributed by atoms with Crippen molar-refractivity contribution in [3.05, 3.63) is 59.1 Å². The van der Waals surface area contributed by atoms with Crippen LogP contribution < -0.4 is 5.32 Å². The number of esters is 1. The second-order valence-corrected chi connectivity index (χ2v) is 7.01. The number of ether oxygens (including phenoxy) is 1. The molecule has 8 heteroatoms. The van der Waals surface area contributed by atoms with E-state index in [1.807, 2.05) is 43.3 Å². The maximum Gasteiger partial charge on any atom is 0.344 e. The summed E-state index contributed by atoms with van der Waals surface area (Å²) in [6.45, 7) is 3.09. The Morgan fingerprint density at radius 1 is 1.28 bits per heavy atom. The standard InChI is InChI=1S/C21H22N4O4/c1-3-16-20(13(2)29-24-16)21(27)28-12-19(26)22-18-11-17(14-9-10-14)23-25(18)15-7-5-4-6-8-15/h4-8,11,14H,3,9-10,12H2,1-2H3,(H,22,26). The van der Waals surface area contributed by atoms with E-state index in [-0.39, 0.29) is 5.56 Å². The first kappa shape index (κ1) is 18.9. The molecule has 0 atom stereocenters. The summed E-state index contributed by atoms with van der Waals surface area (Å²) >= 11 is 0. The highest BCUT2D eigenvalue weighted by atomic mass is 16.5. The topological polar surface area (TPSA) is 99.2 Å². The molecule has 0 saturated heterocycles. The zero-order valence-corrected chi connectivity index (χ0v) is 16.3. The van der Waals surface area contributed by atoms with Gasteiger partial charge < -0.3 is 14.6 Å². The first-order valence-electron chi connectivity index (χ1n) is 9.64. The van der Waals surface area contributed by atoms with E-state index in [0.29, 0.717) is 29.6 Å². The Morgan fingerprint density at radius 2 is 2.03 bits per heavy atom. The molecular weight excluding hydrogens is 372 g/mol. The number of rotatable bonds is 7. The quantitative estimate of drug-likeness (QED) is 0.617. The van der Waals surface area contributed by atoms with Crippen molar-refractivity contribution in [1.82, 2.24) is 14.9 Å². The molecule has 0 bridgehead atoms. The molecule has 1 saturated carbocycles. The van der Waals surface area contributed by atoms with Crippen LogP contribution in [-0.4, -0.2) is 33.4 Å². The third-order valence-electron chi connectivity index (χ3n) is 4.80. The van der Waals surface area contributed by atoms with Crippen molar-refractivity contribution in [1.29, 1.82) is 0 Å². The lowest BCUT2D eigenvalue weighted by molar-refractivity contribution is -0.119.